The number of halogens is 1. The van der Waals surface area contributed by atoms with Gasteiger partial charge in [-0.1, -0.05) is 20.8 Å². The summed E-state index contributed by atoms with van der Waals surface area (Å²) in [5.41, 5.74) is 3.34. The fourth-order valence-corrected chi connectivity index (χ4v) is 13.4. The smallest absolute Gasteiger partial charge is 0.236 e. The summed E-state index contributed by atoms with van der Waals surface area (Å²) in [6, 6.07) is 11.4. The molecule has 9 heterocycles. The normalized spacial score (nSPS) is 29.0. The molecule has 3 saturated carbocycles. The first-order chi connectivity index (χ1) is 33.7. The van der Waals surface area contributed by atoms with E-state index in [-0.39, 0.29) is 47.9 Å². The Balaban J connectivity index is 0.000000132. The van der Waals surface area contributed by atoms with Crippen LogP contribution in [0.25, 0.3) is 33.1 Å². The molecule has 19 nitrogen and oxygen atoms in total. The summed E-state index contributed by atoms with van der Waals surface area (Å²) >= 11 is 0. The standard InChI is InChI=1S/2C18H22N6O.C15H21N5.ClH/c2*1-18-8-13(7-12(18)9-24(10-18)15(25)3-5-19)23(2)17-14-4-6-20-16(14)21-11-22-17;1-15-6-11(5-10(15)7-16-8-15)20(2)14-12-3-4-17-13(12)18-9-19-14;/h2*4,6,11-13H,3,7-10H2,1-2H3,(H,20,21,22);3-4,9-11,16H,5-8H2,1-2H3,(H,17,18,19);1H/t2*12-,13-,18+;10-,11-,15+;/m111./s1. The van der Waals surface area contributed by atoms with Gasteiger partial charge in [0.15, 0.2) is 0 Å². The van der Waals surface area contributed by atoms with Crippen LogP contribution in [0, 0.1) is 56.7 Å². The molecule has 4 N–H and O–H groups in total. The van der Waals surface area contributed by atoms with Gasteiger partial charge < -0.3 is 44.8 Å². The predicted octanol–water partition coefficient (Wildman–Crippen LogP) is 6.07. The van der Waals surface area contributed by atoms with E-state index in [1.807, 2.05) is 52.7 Å². The zero-order valence-corrected chi connectivity index (χ0v) is 42.4. The molecule has 0 bridgehead atoms. The van der Waals surface area contributed by atoms with Gasteiger partial charge in [0.2, 0.25) is 11.8 Å². The Morgan fingerprint density at radius 2 is 0.972 bits per heavy atom. The average molecular weight is 985 g/mol. The van der Waals surface area contributed by atoms with Gasteiger partial charge in [-0.3, -0.25) is 9.59 Å². The molecule has 0 spiro atoms. The van der Waals surface area contributed by atoms with E-state index in [2.05, 4.69) is 113 Å². The molecule has 3 aliphatic heterocycles. The maximum Gasteiger partial charge on any atom is 0.236 e. The molecule has 2 amide bonds. The van der Waals surface area contributed by atoms with Gasteiger partial charge in [0, 0.05) is 90.6 Å². The van der Waals surface area contributed by atoms with Crippen molar-refractivity contribution in [2.24, 2.45) is 34.0 Å². The number of hydrogen-bond acceptors (Lipinski definition) is 14. The molecule has 6 aromatic rings. The highest BCUT2D eigenvalue weighted by atomic mass is 35.5. The van der Waals surface area contributed by atoms with Gasteiger partial charge in [-0.05, 0) is 97.3 Å². The SMILES string of the molecule is CN(c1ncnc2[nH]ccc12)[C@@H]1C[C@@H]2CN(C(=O)CC#N)C[C@]2(C)C1.CN(c1ncnc2[nH]ccc12)[C@@H]1C[C@@H]2CN(C(=O)CC#N)C[C@]2(C)C1.CN(c1ncnc2[nH]ccc12)[C@@H]1C[C@@H]2CNC[C@]2(C)C1.Cl. The summed E-state index contributed by atoms with van der Waals surface area (Å²) < 4.78 is 0. The van der Waals surface area contributed by atoms with Gasteiger partial charge in [0.1, 0.15) is 66.2 Å². The van der Waals surface area contributed by atoms with E-state index in [0.29, 0.717) is 35.4 Å². The van der Waals surface area contributed by atoms with E-state index >= 15 is 0 Å². The van der Waals surface area contributed by atoms with Crippen LogP contribution in [-0.4, -0.2) is 145 Å². The number of nitrogens with one attached hydrogen (secondary N) is 4. The van der Waals surface area contributed by atoms with Crippen molar-refractivity contribution < 1.29 is 9.59 Å². The van der Waals surface area contributed by atoms with Crippen molar-refractivity contribution in [1.29, 1.82) is 10.5 Å². The lowest BCUT2D eigenvalue weighted by Crippen LogP contribution is -2.36. The monoisotopic (exact) mass is 984 g/mol. The van der Waals surface area contributed by atoms with Crippen LogP contribution >= 0.6 is 12.4 Å². The average Bonchev–Trinajstić information content (AvgIpc) is 4.20. The number of H-pyrrole nitrogens is 3. The third kappa shape index (κ3) is 9.19. The predicted molar refractivity (Wildman–Crippen MR) is 274 cm³/mol. The molecule has 0 unspecified atom stereocenters. The molecular formula is C51H66ClN17O2. The summed E-state index contributed by atoms with van der Waals surface area (Å²) in [4.78, 5) is 70.5. The topological polar surface area (TPSA) is 235 Å². The molecular weight excluding hydrogens is 918 g/mol. The van der Waals surface area contributed by atoms with Crippen LogP contribution in [0.4, 0.5) is 17.5 Å². The number of nitriles is 2. The van der Waals surface area contributed by atoms with E-state index in [1.165, 1.54) is 19.4 Å². The molecule has 6 aliphatic rings. The van der Waals surface area contributed by atoms with Gasteiger partial charge in [0.25, 0.3) is 0 Å². The first kappa shape index (κ1) is 49.4. The Kier molecular flexibility index (Phi) is 13.6. The molecule has 3 aliphatic carbocycles. The number of nitrogens with zero attached hydrogens (tertiary/aromatic N) is 13. The van der Waals surface area contributed by atoms with E-state index in [9.17, 15) is 9.59 Å². The van der Waals surface area contributed by atoms with Crippen LogP contribution in [0.2, 0.25) is 0 Å². The molecule has 6 fully saturated rings. The van der Waals surface area contributed by atoms with E-state index < -0.39 is 0 Å². The van der Waals surface area contributed by atoms with Crippen LogP contribution in [0.3, 0.4) is 0 Å². The second kappa shape index (κ2) is 19.6. The zero-order valence-electron chi connectivity index (χ0n) is 41.6. The minimum atomic E-state index is -0.0344. The number of anilines is 3. The fourth-order valence-electron chi connectivity index (χ4n) is 13.4. The highest BCUT2D eigenvalue weighted by Crippen LogP contribution is 2.52. The van der Waals surface area contributed by atoms with Crippen LogP contribution in [0.15, 0.2) is 55.8 Å². The Hall–Kier alpha value is -6.57. The van der Waals surface area contributed by atoms with Crippen molar-refractivity contribution in [2.75, 3.05) is 75.1 Å². The van der Waals surface area contributed by atoms with Gasteiger partial charge in [-0.25, -0.2) is 29.9 Å². The van der Waals surface area contributed by atoms with Crippen LogP contribution in [-0.2, 0) is 9.59 Å². The Morgan fingerprint density at radius 1 is 0.606 bits per heavy atom. The second-order valence-electron chi connectivity index (χ2n) is 21.8. The lowest BCUT2D eigenvalue weighted by molar-refractivity contribution is -0.130. The lowest BCUT2D eigenvalue weighted by atomic mass is 9.83. The largest absolute Gasteiger partial charge is 0.356 e. The van der Waals surface area contributed by atoms with Crippen molar-refractivity contribution >= 4 is 74.8 Å². The molecule has 0 radical (unpaired) electrons. The Morgan fingerprint density at radius 3 is 1.32 bits per heavy atom. The van der Waals surface area contributed by atoms with Crippen molar-refractivity contribution in [3.63, 3.8) is 0 Å². The zero-order chi connectivity index (χ0) is 49.0. The van der Waals surface area contributed by atoms with E-state index in [0.717, 1.165) is 115 Å². The number of likely N-dealkylation sites (tertiary alicyclic amines) is 2. The van der Waals surface area contributed by atoms with E-state index in [4.69, 9.17) is 10.5 Å². The van der Waals surface area contributed by atoms with Crippen LogP contribution < -0.4 is 20.0 Å². The first-order valence-electron chi connectivity index (χ1n) is 24.7. The third-order valence-electron chi connectivity index (χ3n) is 17.4. The quantitative estimate of drug-likeness (QED) is 0.136. The summed E-state index contributed by atoms with van der Waals surface area (Å²) in [5.74, 6) is 4.66. The highest BCUT2D eigenvalue weighted by molar-refractivity contribution is 5.89. The Labute approximate surface area is 420 Å². The number of amides is 2. The van der Waals surface area contributed by atoms with Gasteiger partial charge in [-0.15, -0.1) is 12.4 Å². The second-order valence-corrected chi connectivity index (χ2v) is 21.8. The van der Waals surface area contributed by atoms with Gasteiger partial charge in [-0.2, -0.15) is 10.5 Å². The van der Waals surface area contributed by atoms with Crippen molar-refractivity contribution in [3.8, 4) is 12.1 Å². The van der Waals surface area contributed by atoms with Crippen LogP contribution in [0.1, 0.15) is 72.1 Å². The van der Waals surface area contributed by atoms with Crippen molar-refractivity contribution in [2.45, 2.75) is 90.3 Å². The van der Waals surface area contributed by atoms with Crippen LogP contribution in [0.5, 0.6) is 0 Å². The van der Waals surface area contributed by atoms with E-state index in [1.54, 1.807) is 19.0 Å². The number of fused-ring (bicyclic) bond motifs is 6. The molecule has 71 heavy (non-hydrogen) atoms. The molecule has 374 valence electrons. The summed E-state index contributed by atoms with van der Waals surface area (Å²) in [6.45, 7) is 12.4. The third-order valence-corrected chi connectivity index (χ3v) is 17.4. The number of carbonyl (C=O) groups excluding carboxylic acids is 2. The summed E-state index contributed by atoms with van der Waals surface area (Å²) in [5, 5.41) is 24.3. The molecule has 3 saturated heterocycles. The number of aromatic amines is 3. The number of carbonyl (C=O) groups is 2. The molecule has 9 atom stereocenters. The summed E-state index contributed by atoms with van der Waals surface area (Å²) in [6.07, 6.45) is 17.2. The summed E-state index contributed by atoms with van der Waals surface area (Å²) in [7, 11) is 6.38. The van der Waals surface area contributed by atoms with Gasteiger partial charge >= 0.3 is 0 Å². The van der Waals surface area contributed by atoms with Crippen molar-refractivity contribution in [1.82, 2.24) is 60.0 Å². The number of hydrogen-bond donors (Lipinski definition) is 4. The molecule has 6 aromatic heterocycles. The molecule has 20 heteroatoms. The number of aromatic nitrogens is 9. The number of rotatable bonds is 8. The maximum atomic E-state index is 12.0. The van der Waals surface area contributed by atoms with Gasteiger partial charge in [0.05, 0.1) is 28.3 Å². The molecule has 12 rings (SSSR count). The van der Waals surface area contributed by atoms with Crippen molar-refractivity contribution in [3.05, 3.63) is 55.8 Å². The highest BCUT2D eigenvalue weighted by Gasteiger charge is 2.53. The Bertz CT molecular complexity index is 2840. The minimum Gasteiger partial charge on any atom is -0.356 e. The maximum absolute atomic E-state index is 12.0. The lowest BCUT2D eigenvalue weighted by Gasteiger charge is -2.29. The first-order valence-corrected chi connectivity index (χ1v) is 24.7. The minimum absolute atomic E-state index is 0. The fraction of sp³-hybridized carbons (Fsp3) is 0.569. The molecule has 0 aromatic carbocycles.